The fourth-order valence-corrected chi connectivity index (χ4v) is 3.71. The van der Waals surface area contributed by atoms with Crippen LogP contribution in [-0.2, 0) is 12.2 Å². The molecule has 3 nitrogen and oxygen atoms in total. The number of hydrogen-bond donors (Lipinski definition) is 1. The summed E-state index contributed by atoms with van der Waals surface area (Å²) in [6.07, 6.45) is 1.01. The van der Waals surface area contributed by atoms with Gasteiger partial charge in [-0.2, -0.15) is 0 Å². The zero-order chi connectivity index (χ0) is 13.9. The van der Waals surface area contributed by atoms with Gasteiger partial charge in [0.15, 0.2) is 0 Å². The Balaban J connectivity index is 1.85. The molecule has 3 aromatic rings. The Labute approximate surface area is 126 Å². The Morgan fingerprint density at radius 2 is 2.00 bits per heavy atom. The van der Waals surface area contributed by atoms with Gasteiger partial charge in [0.05, 0.1) is 11.1 Å². The molecule has 0 atom stereocenters. The molecular weight excluding hydrogens is 286 g/mol. The first-order valence-electron chi connectivity index (χ1n) is 6.49. The molecule has 0 fully saturated rings. The molecule has 0 saturated heterocycles. The summed E-state index contributed by atoms with van der Waals surface area (Å²) in [6, 6.07) is 12.4. The standard InChI is InChI=1S/C15H15N3S2/c1-2-10-8-12-14(16)17-13(18-15(12)20-10)9-19-11-6-4-3-5-7-11/h3-8H,2,9H2,1H3,(H2,16,17,18). The second-order valence-electron chi connectivity index (χ2n) is 4.41. The number of nitrogen functional groups attached to an aromatic ring is 1. The number of thiophene rings is 1. The second-order valence-corrected chi connectivity index (χ2v) is 6.58. The Bertz CT molecular complexity index is 723. The van der Waals surface area contributed by atoms with E-state index in [4.69, 9.17) is 5.73 Å². The maximum absolute atomic E-state index is 6.04. The van der Waals surface area contributed by atoms with Crippen molar-refractivity contribution in [3.05, 3.63) is 47.1 Å². The van der Waals surface area contributed by atoms with Gasteiger partial charge < -0.3 is 5.73 Å². The van der Waals surface area contributed by atoms with E-state index in [0.29, 0.717) is 5.82 Å². The molecule has 5 heteroatoms. The summed E-state index contributed by atoms with van der Waals surface area (Å²) in [6.45, 7) is 2.14. The summed E-state index contributed by atoms with van der Waals surface area (Å²) in [5.74, 6) is 2.13. The minimum absolute atomic E-state index is 0.592. The highest BCUT2D eigenvalue weighted by atomic mass is 32.2. The Kier molecular flexibility index (Phi) is 3.89. The molecule has 1 aromatic carbocycles. The molecule has 0 radical (unpaired) electrons. The number of fused-ring (bicyclic) bond motifs is 1. The summed E-state index contributed by atoms with van der Waals surface area (Å²) in [7, 11) is 0. The highest BCUT2D eigenvalue weighted by Gasteiger charge is 2.09. The normalized spacial score (nSPS) is 11.1. The van der Waals surface area contributed by atoms with Gasteiger partial charge >= 0.3 is 0 Å². The van der Waals surface area contributed by atoms with Crippen LogP contribution in [0.1, 0.15) is 17.6 Å². The van der Waals surface area contributed by atoms with Crippen molar-refractivity contribution >= 4 is 39.1 Å². The lowest BCUT2D eigenvalue weighted by atomic mass is 10.3. The van der Waals surface area contributed by atoms with Gasteiger partial charge in [0.2, 0.25) is 0 Å². The zero-order valence-corrected chi connectivity index (χ0v) is 12.8. The van der Waals surface area contributed by atoms with Crippen LogP contribution in [-0.4, -0.2) is 9.97 Å². The predicted molar refractivity (Wildman–Crippen MR) is 87.2 cm³/mol. The van der Waals surface area contributed by atoms with Crippen molar-refractivity contribution in [3.63, 3.8) is 0 Å². The lowest BCUT2D eigenvalue weighted by molar-refractivity contribution is 1.08. The van der Waals surface area contributed by atoms with Gasteiger partial charge in [0.1, 0.15) is 16.5 Å². The van der Waals surface area contributed by atoms with Crippen LogP contribution < -0.4 is 5.73 Å². The van der Waals surface area contributed by atoms with E-state index in [1.54, 1.807) is 23.1 Å². The third kappa shape index (κ3) is 2.78. The number of thioether (sulfide) groups is 1. The predicted octanol–water partition coefficient (Wildman–Crippen LogP) is 4.13. The van der Waals surface area contributed by atoms with Crippen LogP contribution in [0.4, 0.5) is 5.82 Å². The van der Waals surface area contributed by atoms with Gasteiger partial charge in [-0.05, 0) is 24.6 Å². The zero-order valence-electron chi connectivity index (χ0n) is 11.2. The van der Waals surface area contributed by atoms with Crippen LogP contribution in [0, 0.1) is 0 Å². The van der Waals surface area contributed by atoms with Crippen LogP contribution in [0.5, 0.6) is 0 Å². The quantitative estimate of drug-likeness (QED) is 0.736. The van der Waals surface area contributed by atoms with E-state index in [-0.39, 0.29) is 0 Å². The average Bonchev–Trinajstić information content (AvgIpc) is 2.90. The number of anilines is 1. The van der Waals surface area contributed by atoms with Gasteiger partial charge in [-0.3, -0.25) is 0 Å². The molecule has 0 aliphatic heterocycles. The highest BCUT2D eigenvalue weighted by molar-refractivity contribution is 7.98. The van der Waals surface area contributed by atoms with Crippen molar-refractivity contribution in [3.8, 4) is 0 Å². The topological polar surface area (TPSA) is 51.8 Å². The minimum atomic E-state index is 0.592. The number of nitrogens with zero attached hydrogens (tertiary/aromatic N) is 2. The summed E-state index contributed by atoms with van der Waals surface area (Å²) in [5, 5.41) is 0.986. The maximum Gasteiger partial charge on any atom is 0.142 e. The average molecular weight is 301 g/mol. The molecule has 3 rings (SSSR count). The summed E-state index contributed by atoms with van der Waals surface area (Å²) >= 11 is 3.43. The molecule has 0 amide bonds. The molecular formula is C15H15N3S2. The highest BCUT2D eigenvalue weighted by Crippen LogP contribution is 2.29. The molecule has 0 bridgehead atoms. The first-order chi connectivity index (χ1) is 9.76. The first-order valence-corrected chi connectivity index (χ1v) is 8.29. The monoisotopic (exact) mass is 301 g/mol. The third-order valence-corrected chi connectivity index (χ3v) is 5.16. The minimum Gasteiger partial charge on any atom is -0.383 e. The van der Waals surface area contributed by atoms with Crippen molar-refractivity contribution < 1.29 is 0 Å². The Hall–Kier alpha value is -1.59. The number of benzene rings is 1. The molecule has 0 spiro atoms. The van der Waals surface area contributed by atoms with Crippen molar-refractivity contribution in [2.75, 3.05) is 5.73 Å². The number of nitrogens with two attached hydrogens (primary N) is 1. The van der Waals surface area contributed by atoms with Gasteiger partial charge in [0.25, 0.3) is 0 Å². The third-order valence-electron chi connectivity index (χ3n) is 2.98. The fraction of sp³-hybridized carbons (Fsp3) is 0.200. The molecule has 102 valence electrons. The number of hydrogen-bond acceptors (Lipinski definition) is 5. The molecule has 0 aliphatic carbocycles. The first kappa shape index (κ1) is 13.4. The van der Waals surface area contributed by atoms with E-state index in [1.807, 2.05) is 18.2 Å². The van der Waals surface area contributed by atoms with E-state index < -0.39 is 0 Å². The van der Waals surface area contributed by atoms with E-state index >= 15 is 0 Å². The van der Waals surface area contributed by atoms with Gasteiger partial charge in [-0.15, -0.1) is 23.1 Å². The summed E-state index contributed by atoms with van der Waals surface area (Å²) in [4.78, 5) is 12.6. The number of rotatable bonds is 4. The number of aryl methyl sites for hydroxylation is 1. The largest absolute Gasteiger partial charge is 0.383 e. The van der Waals surface area contributed by atoms with E-state index in [0.717, 1.165) is 28.2 Å². The van der Waals surface area contributed by atoms with Crippen LogP contribution >= 0.6 is 23.1 Å². The number of aromatic nitrogens is 2. The Morgan fingerprint density at radius 3 is 2.75 bits per heavy atom. The van der Waals surface area contributed by atoms with Crippen molar-refractivity contribution in [2.45, 2.75) is 24.0 Å². The van der Waals surface area contributed by atoms with Gasteiger partial charge in [-0.25, -0.2) is 9.97 Å². The van der Waals surface area contributed by atoms with E-state index in [1.165, 1.54) is 9.77 Å². The molecule has 0 aliphatic rings. The summed E-state index contributed by atoms with van der Waals surface area (Å²) < 4.78 is 0. The molecule has 0 unspecified atom stereocenters. The fourth-order valence-electron chi connectivity index (χ4n) is 1.94. The van der Waals surface area contributed by atoms with Crippen molar-refractivity contribution in [1.82, 2.24) is 9.97 Å². The van der Waals surface area contributed by atoms with Gasteiger partial charge in [0, 0.05) is 9.77 Å². The van der Waals surface area contributed by atoms with E-state index in [9.17, 15) is 0 Å². The molecule has 2 N–H and O–H groups in total. The summed E-state index contributed by atoms with van der Waals surface area (Å²) in [5.41, 5.74) is 6.04. The maximum atomic E-state index is 6.04. The van der Waals surface area contributed by atoms with Crippen molar-refractivity contribution in [1.29, 1.82) is 0 Å². The van der Waals surface area contributed by atoms with E-state index in [2.05, 4.69) is 35.1 Å². The molecule has 0 saturated carbocycles. The van der Waals surface area contributed by atoms with Crippen LogP contribution in [0.25, 0.3) is 10.2 Å². The molecule has 20 heavy (non-hydrogen) atoms. The molecule has 2 aromatic heterocycles. The lowest BCUT2D eigenvalue weighted by Gasteiger charge is -2.02. The molecule has 2 heterocycles. The van der Waals surface area contributed by atoms with Crippen LogP contribution in [0.2, 0.25) is 0 Å². The van der Waals surface area contributed by atoms with Crippen molar-refractivity contribution in [2.24, 2.45) is 0 Å². The second kappa shape index (κ2) is 5.81. The van der Waals surface area contributed by atoms with Gasteiger partial charge in [-0.1, -0.05) is 25.1 Å². The smallest absolute Gasteiger partial charge is 0.142 e. The van der Waals surface area contributed by atoms with Crippen LogP contribution in [0.15, 0.2) is 41.3 Å². The lowest BCUT2D eigenvalue weighted by Crippen LogP contribution is -1.98. The Morgan fingerprint density at radius 1 is 1.20 bits per heavy atom. The van der Waals surface area contributed by atoms with Crippen LogP contribution in [0.3, 0.4) is 0 Å². The SMILES string of the molecule is CCc1cc2c(N)nc(CSc3ccccc3)nc2s1.